The van der Waals surface area contributed by atoms with Gasteiger partial charge >= 0.3 is 5.97 Å². The Balaban J connectivity index is 4.62. The Bertz CT molecular complexity index is 2780. The molecule has 0 aromatic carbocycles. The number of nitrogens with zero attached hydrogens (tertiary/aromatic N) is 7. The van der Waals surface area contributed by atoms with Crippen molar-refractivity contribution in [1.29, 1.82) is 0 Å². The zero-order valence-corrected chi connectivity index (χ0v) is 67.2. The molecule has 0 spiro atoms. The molecule has 6 N–H and O–H groups in total. The predicted octanol–water partition coefficient (Wildman–Crippen LogP) is 4.83. The Labute approximate surface area is 608 Å². The number of likely N-dealkylation sites (N-methyl/N-ethyl adjacent to an activating group) is 7. The molecule has 1 rings (SSSR count). The number of amides is 12. The van der Waals surface area contributed by atoms with E-state index in [4.69, 9.17) is 4.74 Å². The van der Waals surface area contributed by atoms with Crippen molar-refractivity contribution < 1.29 is 72.2 Å². The van der Waals surface area contributed by atoms with Crippen molar-refractivity contribution in [1.82, 2.24) is 60.9 Å². The lowest BCUT2D eigenvalue weighted by atomic mass is 9.90. The minimum Gasteiger partial charge on any atom is -0.469 e. The SMILES string of the molecule is CC[C@@H]1NC(=O)[C@H]([C@H](O)[C@H](C)CCCCCCNC(C)=O)N(C)C(=O)[C@H](C(C)C)N(C)C(=O)[C@H](CC(C)C)N(C)C(=O)[C@H](CC(C)C)N(C)C(=O)[C@@H](C)NC(=O)[C@H](C)NC(=O)[C@H](CC(C)C)N(C)C(=O)[C@H](C(C)C)NC(=O)[C@H](CC(C)C)N(C)C(=O)[C@@H](CSC(C)(C)CC(=O)OC)N(C)C1=O. The Kier molecular flexibility index (Phi) is 39.2. The smallest absolute Gasteiger partial charge is 0.306 e. The van der Waals surface area contributed by atoms with Crippen molar-refractivity contribution in [2.24, 2.45) is 41.4 Å². The number of aliphatic hydroxyl groups excluding tert-OH is 1. The number of hydrogen-bond acceptors (Lipinski definition) is 16. The fraction of sp³-hybridized carbons (Fsp3) is 0.822. The van der Waals surface area contributed by atoms with Gasteiger partial charge in [0.15, 0.2) is 0 Å². The summed E-state index contributed by atoms with van der Waals surface area (Å²) in [4.78, 5) is 198. The average Bonchev–Trinajstić information content (AvgIpc) is 0.809. The van der Waals surface area contributed by atoms with E-state index in [1.165, 1.54) is 118 Å². The molecule has 1 fully saturated rings. The lowest BCUT2D eigenvalue weighted by molar-refractivity contribution is -0.157. The number of esters is 1. The van der Waals surface area contributed by atoms with Gasteiger partial charge in [0.2, 0.25) is 70.9 Å². The van der Waals surface area contributed by atoms with Crippen molar-refractivity contribution >= 4 is 88.6 Å². The molecule has 0 aromatic rings. The summed E-state index contributed by atoms with van der Waals surface area (Å²) in [6, 6.07) is -14.4. The number of carbonyl (C=O) groups is 13. The molecule has 1 aliphatic heterocycles. The number of hydrogen-bond donors (Lipinski definition) is 6. The first-order valence-electron chi connectivity index (χ1n) is 36.4. The number of carbonyl (C=O) groups excluding carboxylic acids is 13. The number of thioether (sulfide) groups is 1. The highest BCUT2D eigenvalue weighted by molar-refractivity contribution is 8.00. The molecule has 0 radical (unpaired) electrons. The van der Waals surface area contributed by atoms with Crippen LogP contribution in [0, 0.1) is 41.4 Å². The van der Waals surface area contributed by atoms with Crippen LogP contribution in [0.5, 0.6) is 0 Å². The normalized spacial score (nSPS) is 25.2. The largest absolute Gasteiger partial charge is 0.469 e. The first-order chi connectivity index (χ1) is 46.6. The summed E-state index contributed by atoms with van der Waals surface area (Å²) in [5, 5.41) is 26.5. The Morgan fingerprint density at radius 2 is 0.911 bits per heavy atom. The number of ether oxygens (including phenoxy) is 1. The van der Waals surface area contributed by atoms with E-state index >= 15 is 33.6 Å². The van der Waals surface area contributed by atoms with E-state index < -0.39 is 166 Å². The maximum Gasteiger partial charge on any atom is 0.306 e. The molecule has 0 aliphatic carbocycles. The summed E-state index contributed by atoms with van der Waals surface area (Å²) in [5.74, 6) is -11.4. The second-order valence-electron chi connectivity index (χ2n) is 31.0. The minimum absolute atomic E-state index is 0.0668. The predicted molar refractivity (Wildman–Crippen MR) is 393 cm³/mol. The van der Waals surface area contributed by atoms with Gasteiger partial charge in [-0.2, -0.15) is 11.8 Å². The molecule has 580 valence electrons. The van der Waals surface area contributed by atoms with Crippen LogP contribution in [0.4, 0.5) is 0 Å². The van der Waals surface area contributed by atoms with E-state index in [1.807, 2.05) is 55.4 Å². The molecular weight excluding hydrogens is 1320 g/mol. The van der Waals surface area contributed by atoms with Crippen LogP contribution < -0.4 is 26.6 Å². The molecule has 0 saturated carbocycles. The molecule has 13 atom stereocenters. The Hall–Kier alpha value is -6.58. The fourth-order valence-electron chi connectivity index (χ4n) is 12.7. The van der Waals surface area contributed by atoms with Gasteiger partial charge < -0.3 is 70.7 Å². The van der Waals surface area contributed by atoms with E-state index in [9.17, 15) is 33.9 Å². The average molecular weight is 1450 g/mol. The number of nitrogens with one attached hydrogen (secondary N) is 5. The van der Waals surface area contributed by atoms with E-state index in [0.29, 0.717) is 32.2 Å². The van der Waals surface area contributed by atoms with Gasteiger partial charge in [0, 0.05) is 73.3 Å². The summed E-state index contributed by atoms with van der Waals surface area (Å²) >= 11 is 1.19. The Morgan fingerprint density at radius 3 is 1.38 bits per heavy atom. The molecule has 1 aliphatic rings. The maximum absolute atomic E-state index is 15.6. The van der Waals surface area contributed by atoms with Crippen LogP contribution in [0.1, 0.15) is 202 Å². The minimum atomic E-state index is -1.70. The van der Waals surface area contributed by atoms with Crippen molar-refractivity contribution in [2.75, 3.05) is 68.7 Å². The van der Waals surface area contributed by atoms with E-state index in [0.717, 1.165) is 11.3 Å². The third kappa shape index (κ3) is 28.2. The van der Waals surface area contributed by atoms with Crippen LogP contribution in [0.3, 0.4) is 0 Å². The van der Waals surface area contributed by atoms with E-state index in [1.54, 1.807) is 55.4 Å². The maximum atomic E-state index is 15.6. The molecule has 27 nitrogen and oxygen atoms in total. The molecule has 28 heteroatoms. The van der Waals surface area contributed by atoms with Gasteiger partial charge in [-0.3, -0.25) is 62.3 Å². The highest BCUT2D eigenvalue weighted by atomic mass is 32.2. The highest BCUT2D eigenvalue weighted by Gasteiger charge is 2.47. The number of rotatable bonds is 25. The second kappa shape index (κ2) is 42.9. The summed E-state index contributed by atoms with van der Waals surface area (Å²) in [5.41, 5.74) is 0. The van der Waals surface area contributed by atoms with Crippen LogP contribution in [-0.4, -0.2) is 262 Å². The molecule has 0 aromatic heterocycles. The third-order valence-corrected chi connectivity index (χ3v) is 20.4. The van der Waals surface area contributed by atoms with Crippen LogP contribution in [-0.2, 0) is 67.1 Å². The zero-order valence-electron chi connectivity index (χ0n) is 66.4. The number of aliphatic hydroxyl groups is 1. The van der Waals surface area contributed by atoms with Crippen molar-refractivity contribution in [3.63, 3.8) is 0 Å². The topological polar surface area (TPSA) is 334 Å². The molecule has 101 heavy (non-hydrogen) atoms. The van der Waals surface area contributed by atoms with Gasteiger partial charge in [-0.15, -0.1) is 0 Å². The van der Waals surface area contributed by atoms with Crippen molar-refractivity contribution in [3.8, 4) is 0 Å². The lowest BCUT2D eigenvalue weighted by Gasteiger charge is -2.42. The third-order valence-electron chi connectivity index (χ3n) is 19.0. The van der Waals surface area contributed by atoms with Gasteiger partial charge in [0.1, 0.15) is 66.5 Å². The van der Waals surface area contributed by atoms with Crippen molar-refractivity contribution in [2.45, 2.75) is 279 Å². The first-order valence-corrected chi connectivity index (χ1v) is 37.3. The second-order valence-corrected chi connectivity index (χ2v) is 32.7. The summed E-state index contributed by atoms with van der Waals surface area (Å²) in [7, 11) is 11.1. The fourth-order valence-corrected chi connectivity index (χ4v) is 13.8. The lowest BCUT2D eigenvalue weighted by Crippen LogP contribution is -2.64. The molecule has 0 unspecified atom stereocenters. The first kappa shape index (κ1) is 92.4. The summed E-state index contributed by atoms with van der Waals surface area (Å²) in [6.45, 7) is 33.4. The zero-order chi connectivity index (χ0) is 78.2. The monoisotopic (exact) mass is 1450 g/mol. The van der Waals surface area contributed by atoms with Gasteiger partial charge in [-0.25, -0.2) is 0 Å². The van der Waals surface area contributed by atoms with E-state index in [-0.39, 0.29) is 73.9 Å². The molecular formula is C73H132N12O15S. The van der Waals surface area contributed by atoms with Gasteiger partial charge in [-0.1, -0.05) is 130 Å². The van der Waals surface area contributed by atoms with Crippen LogP contribution in [0.25, 0.3) is 0 Å². The highest BCUT2D eigenvalue weighted by Crippen LogP contribution is 2.32. The number of methoxy groups -OCH3 is 1. The summed E-state index contributed by atoms with van der Waals surface area (Å²) < 4.78 is 4.12. The molecule has 1 saturated heterocycles. The van der Waals surface area contributed by atoms with Gasteiger partial charge in [-0.05, 0) is 100 Å². The molecule has 1 heterocycles. The summed E-state index contributed by atoms with van der Waals surface area (Å²) in [6.07, 6.45) is 1.87. The number of unbranched alkanes of at least 4 members (excludes halogenated alkanes) is 3. The standard InChI is InChI=1S/C73H132N12O15S/c1-28-51-67(94)83(24)56(40-101-73(18,19)39-57(87)100-27)70(97)79(20)53(36-42(4)5)64(91)78-58(45(10)11)71(98)80(21)52(35-41(2)3)63(90)75-48(15)62(89)76-49(16)66(93)81(22)54(37-43(6)7)68(95)82(23)55(38-44(8)9)69(96)84(25)59(46(12)13)72(99)85(26)60(65(92)77-51)61(88)47(14)33-31-29-30-32-34-74-50(17)86/h41-49,51-56,58-61,88H,28-40H2,1-27H3,(H,74,86)(H,75,90)(H,76,89)(H,77,92)(H,78,91)/t47-,48+,49-,51+,52+,53+,54+,55+,56-,58+,59+,60+,61-/m1/s1. The van der Waals surface area contributed by atoms with Gasteiger partial charge in [0.05, 0.1) is 19.6 Å². The van der Waals surface area contributed by atoms with Crippen LogP contribution in [0.15, 0.2) is 0 Å². The molecule has 0 bridgehead atoms. The van der Waals surface area contributed by atoms with Crippen molar-refractivity contribution in [3.05, 3.63) is 0 Å². The van der Waals surface area contributed by atoms with Crippen LogP contribution in [0.2, 0.25) is 0 Å². The Morgan fingerprint density at radius 1 is 0.495 bits per heavy atom. The van der Waals surface area contributed by atoms with Crippen LogP contribution >= 0.6 is 11.8 Å². The molecule has 12 amide bonds. The quantitative estimate of drug-likeness (QED) is 0.0526. The van der Waals surface area contributed by atoms with Gasteiger partial charge in [0.25, 0.3) is 0 Å². The van der Waals surface area contributed by atoms with E-state index in [2.05, 4.69) is 26.6 Å².